The highest BCUT2D eigenvalue weighted by molar-refractivity contribution is 8.26. The molecule has 0 radical (unpaired) electrons. The minimum atomic E-state index is -0.0852. The number of aromatic hydroxyl groups is 1. The summed E-state index contributed by atoms with van der Waals surface area (Å²) in [7, 11) is 1.49. The molecule has 0 unspecified atom stereocenters. The Labute approximate surface area is 156 Å². The Kier molecular flexibility index (Phi) is 5.40. The molecule has 1 fully saturated rings. The van der Waals surface area contributed by atoms with Gasteiger partial charge in [-0.3, -0.25) is 9.69 Å². The highest BCUT2D eigenvalue weighted by Crippen LogP contribution is 2.34. The van der Waals surface area contributed by atoms with Crippen LogP contribution in [0.5, 0.6) is 11.5 Å². The molecule has 0 spiro atoms. The molecule has 1 aliphatic heterocycles. The maximum absolute atomic E-state index is 12.6. The maximum Gasteiger partial charge on any atom is 0.266 e. The van der Waals surface area contributed by atoms with Crippen molar-refractivity contribution >= 4 is 40.3 Å². The standard InChI is InChI=1S/C19H17NO3S2/c1-23-16-11-14(7-8-15(16)21)12-17-18(22)20(19(24)25-17)10-9-13-5-3-2-4-6-13/h2-8,11-12,21H,9-10H2,1H3/b17-12-. The summed E-state index contributed by atoms with van der Waals surface area (Å²) in [6, 6.07) is 15.0. The molecule has 2 aromatic rings. The third-order valence-corrected chi connectivity index (χ3v) is 5.22. The third-order valence-electron chi connectivity index (χ3n) is 3.84. The molecule has 25 heavy (non-hydrogen) atoms. The van der Waals surface area contributed by atoms with Gasteiger partial charge in [0.2, 0.25) is 0 Å². The Hall–Kier alpha value is -2.31. The monoisotopic (exact) mass is 371 g/mol. The zero-order chi connectivity index (χ0) is 17.8. The Bertz CT molecular complexity index is 834. The number of thioether (sulfide) groups is 1. The van der Waals surface area contributed by atoms with Crippen molar-refractivity contribution in [3.8, 4) is 11.5 Å². The quantitative estimate of drug-likeness (QED) is 0.639. The van der Waals surface area contributed by atoms with Gasteiger partial charge in [-0.05, 0) is 35.8 Å². The van der Waals surface area contributed by atoms with E-state index in [1.165, 1.54) is 24.4 Å². The van der Waals surface area contributed by atoms with Crippen molar-refractivity contribution in [2.45, 2.75) is 6.42 Å². The lowest BCUT2D eigenvalue weighted by Crippen LogP contribution is -2.30. The van der Waals surface area contributed by atoms with Crippen LogP contribution in [0.3, 0.4) is 0 Å². The van der Waals surface area contributed by atoms with Gasteiger partial charge in [0.25, 0.3) is 5.91 Å². The molecule has 1 heterocycles. The van der Waals surface area contributed by atoms with Crippen molar-refractivity contribution in [2.24, 2.45) is 0 Å². The first kappa shape index (κ1) is 17.5. The third kappa shape index (κ3) is 4.03. The number of hydrogen-bond donors (Lipinski definition) is 1. The van der Waals surface area contributed by atoms with E-state index < -0.39 is 0 Å². The van der Waals surface area contributed by atoms with Crippen LogP contribution in [0.1, 0.15) is 11.1 Å². The SMILES string of the molecule is COc1cc(/C=C2\SC(=S)N(CCc3ccccc3)C2=O)ccc1O. The first-order valence-electron chi connectivity index (χ1n) is 7.75. The molecule has 1 aliphatic rings. The van der Waals surface area contributed by atoms with Crippen LogP contribution >= 0.6 is 24.0 Å². The van der Waals surface area contributed by atoms with E-state index in [1.807, 2.05) is 30.3 Å². The molecule has 6 heteroatoms. The summed E-state index contributed by atoms with van der Waals surface area (Å²) in [6.07, 6.45) is 2.53. The van der Waals surface area contributed by atoms with Crippen LogP contribution in [-0.4, -0.2) is 33.9 Å². The predicted octanol–water partition coefficient (Wildman–Crippen LogP) is 3.84. The number of phenolic OH excluding ortho intramolecular Hbond substituents is 1. The Morgan fingerprint density at radius 2 is 2.00 bits per heavy atom. The lowest BCUT2D eigenvalue weighted by Gasteiger charge is -2.14. The average molecular weight is 371 g/mol. The molecule has 3 rings (SSSR count). The van der Waals surface area contributed by atoms with Crippen LogP contribution in [-0.2, 0) is 11.2 Å². The van der Waals surface area contributed by atoms with Gasteiger partial charge in [0.15, 0.2) is 11.5 Å². The molecule has 128 valence electrons. The Morgan fingerprint density at radius 1 is 1.24 bits per heavy atom. The zero-order valence-electron chi connectivity index (χ0n) is 13.6. The van der Waals surface area contributed by atoms with E-state index in [9.17, 15) is 9.90 Å². The van der Waals surface area contributed by atoms with Gasteiger partial charge < -0.3 is 9.84 Å². The molecule has 0 atom stereocenters. The lowest BCUT2D eigenvalue weighted by atomic mass is 10.1. The van der Waals surface area contributed by atoms with Crippen molar-refractivity contribution in [2.75, 3.05) is 13.7 Å². The topological polar surface area (TPSA) is 49.8 Å². The van der Waals surface area contributed by atoms with Gasteiger partial charge in [0.05, 0.1) is 12.0 Å². The molecular formula is C19H17NO3S2. The number of methoxy groups -OCH3 is 1. The molecule has 1 saturated heterocycles. The number of phenols is 1. The fraction of sp³-hybridized carbons (Fsp3) is 0.158. The Morgan fingerprint density at radius 3 is 2.72 bits per heavy atom. The first-order valence-corrected chi connectivity index (χ1v) is 8.97. The predicted molar refractivity (Wildman–Crippen MR) is 105 cm³/mol. The van der Waals surface area contributed by atoms with Crippen LogP contribution in [0, 0.1) is 0 Å². The largest absolute Gasteiger partial charge is 0.504 e. The van der Waals surface area contributed by atoms with Gasteiger partial charge in [-0.25, -0.2) is 0 Å². The van der Waals surface area contributed by atoms with Crippen molar-refractivity contribution in [3.63, 3.8) is 0 Å². The van der Waals surface area contributed by atoms with Gasteiger partial charge in [-0.1, -0.05) is 60.4 Å². The summed E-state index contributed by atoms with van der Waals surface area (Å²) in [5.74, 6) is 0.348. The van der Waals surface area contributed by atoms with E-state index in [2.05, 4.69) is 0 Å². The molecule has 0 aromatic heterocycles. The summed E-state index contributed by atoms with van der Waals surface area (Å²) < 4.78 is 5.67. The number of nitrogens with zero attached hydrogens (tertiary/aromatic N) is 1. The normalized spacial score (nSPS) is 15.9. The number of amides is 1. The van der Waals surface area contributed by atoms with Gasteiger partial charge in [-0.15, -0.1) is 0 Å². The molecule has 2 aromatic carbocycles. The number of hydrogen-bond acceptors (Lipinski definition) is 5. The van der Waals surface area contributed by atoms with Gasteiger partial charge in [0, 0.05) is 6.54 Å². The van der Waals surface area contributed by atoms with E-state index in [0.717, 1.165) is 12.0 Å². The number of benzene rings is 2. The van der Waals surface area contributed by atoms with E-state index in [0.29, 0.717) is 21.5 Å². The highest BCUT2D eigenvalue weighted by atomic mass is 32.2. The van der Waals surface area contributed by atoms with Crippen molar-refractivity contribution in [3.05, 3.63) is 64.6 Å². The van der Waals surface area contributed by atoms with E-state index in [1.54, 1.807) is 29.2 Å². The number of rotatable bonds is 5. The van der Waals surface area contributed by atoms with Crippen LogP contribution in [0.15, 0.2) is 53.4 Å². The molecule has 0 aliphatic carbocycles. The summed E-state index contributed by atoms with van der Waals surface area (Å²) in [5.41, 5.74) is 1.95. The van der Waals surface area contributed by atoms with Crippen LogP contribution < -0.4 is 4.74 Å². The Balaban J connectivity index is 1.74. The molecule has 4 nitrogen and oxygen atoms in total. The summed E-state index contributed by atoms with van der Waals surface area (Å²) >= 11 is 6.65. The summed E-state index contributed by atoms with van der Waals surface area (Å²) in [6.45, 7) is 0.560. The van der Waals surface area contributed by atoms with E-state index in [4.69, 9.17) is 17.0 Å². The zero-order valence-corrected chi connectivity index (χ0v) is 15.3. The summed E-state index contributed by atoms with van der Waals surface area (Å²) in [4.78, 5) is 14.8. The minimum Gasteiger partial charge on any atom is -0.504 e. The molecule has 1 N–H and O–H groups in total. The van der Waals surface area contributed by atoms with Crippen LogP contribution in [0.25, 0.3) is 6.08 Å². The van der Waals surface area contributed by atoms with Crippen LogP contribution in [0.2, 0.25) is 0 Å². The van der Waals surface area contributed by atoms with Crippen molar-refractivity contribution in [1.82, 2.24) is 4.90 Å². The highest BCUT2D eigenvalue weighted by Gasteiger charge is 2.31. The van der Waals surface area contributed by atoms with E-state index in [-0.39, 0.29) is 11.7 Å². The second kappa shape index (κ2) is 7.72. The van der Waals surface area contributed by atoms with Crippen molar-refractivity contribution < 1.29 is 14.6 Å². The summed E-state index contributed by atoms with van der Waals surface area (Å²) in [5, 5.41) is 9.66. The molecule has 1 amide bonds. The van der Waals surface area contributed by atoms with Gasteiger partial charge in [0.1, 0.15) is 4.32 Å². The van der Waals surface area contributed by atoms with Gasteiger partial charge >= 0.3 is 0 Å². The smallest absolute Gasteiger partial charge is 0.266 e. The maximum atomic E-state index is 12.6. The van der Waals surface area contributed by atoms with Crippen molar-refractivity contribution in [1.29, 1.82) is 0 Å². The number of carbonyl (C=O) groups is 1. The molecule has 0 saturated carbocycles. The number of carbonyl (C=O) groups excluding carboxylic acids is 1. The number of ether oxygens (including phenoxy) is 1. The molecule has 0 bridgehead atoms. The van der Waals surface area contributed by atoms with Crippen LogP contribution in [0.4, 0.5) is 0 Å². The lowest BCUT2D eigenvalue weighted by molar-refractivity contribution is -0.122. The minimum absolute atomic E-state index is 0.0649. The van der Waals surface area contributed by atoms with E-state index >= 15 is 0 Å². The fourth-order valence-electron chi connectivity index (χ4n) is 2.51. The second-order valence-corrected chi connectivity index (χ2v) is 7.18. The second-order valence-electron chi connectivity index (χ2n) is 5.50. The number of thiocarbonyl (C=S) groups is 1. The average Bonchev–Trinajstić information content (AvgIpc) is 2.89. The molecular weight excluding hydrogens is 354 g/mol. The first-order chi connectivity index (χ1) is 12.1. The fourth-order valence-corrected chi connectivity index (χ4v) is 3.82. The van der Waals surface area contributed by atoms with Gasteiger partial charge in [-0.2, -0.15) is 0 Å².